The molecule has 2 heterocycles. The monoisotopic (exact) mass is 209 g/mol. The van der Waals surface area contributed by atoms with Crippen LogP contribution in [0.5, 0.6) is 0 Å². The first-order valence-corrected chi connectivity index (χ1v) is 4.60. The van der Waals surface area contributed by atoms with Gasteiger partial charge in [-0.1, -0.05) is 12.1 Å². The van der Waals surface area contributed by atoms with E-state index in [1.165, 1.54) is 15.6 Å². The lowest BCUT2D eigenvalue weighted by Crippen LogP contribution is -2.23. The van der Waals surface area contributed by atoms with Crippen molar-refractivity contribution in [3.05, 3.63) is 28.5 Å². The van der Waals surface area contributed by atoms with Crippen LogP contribution in [-0.4, -0.2) is 24.5 Å². The average Bonchev–Trinajstić information content (AvgIpc) is 2.80. The van der Waals surface area contributed by atoms with Crippen molar-refractivity contribution in [2.24, 2.45) is 7.05 Å². The molecule has 2 aromatic heterocycles. The van der Waals surface area contributed by atoms with Gasteiger partial charge >= 0.3 is 5.69 Å². The zero-order valence-electron chi connectivity index (χ0n) is 8.54. The van der Waals surface area contributed by atoms with Crippen LogP contribution < -0.4 is 5.69 Å². The molecule has 0 saturated heterocycles. The second-order valence-corrected chi connectivity index (χ2v) is 3.14. The molecule has 0 aromatic carbocycles. The molecule has 0 aliphatic carbocycles. The van der Waals surface area contributed by atoms with Crippen LogP contribution in [0.4, 0.5) is 0 Å². The number of nitrogens with zero attached hydrogens (tertiary/aromatic N) is 5. The third-order valence-corrected chi connectivity index (χ3v) is 2.00. The van der Waals surface area contributed by atoms with Crippen LogP contribution in [-0.2, 0) is 20.0 Å². The zero-order valence-corrected chi connectivity index (χ0v) is 8.54. The summed E-state index contributed by atoms with van der Waals surface area (Å²) in [7, 11) is 1.64. The van der Waals surface area contributed by atoms with Crippen LogP contribution >= 0.6 is 0 Å². The summed E-state index contributed by atoms with van der Waals surface area (Å²) in [5.74, 6) is 1.03. The molecular weight excluding hydrogens is 198 g/mol. The van der Waals surface area contributed by atoms with Gasteiger partial charge in [0.15, 0.2) is 5.82 Å². The van der Waals surface area contributed by atoms with E-state index >= 15 is 0 Å². The van der Waals surface area contributed by atoms with E-state index in [2.05, 4.69) is 15.2 Å². The maximum atomic E-state index is 11.4. The minimum atomic E-state index is -0.203. The average molecular weight is 209 g/mol. The molecule has 0 bridgehead atoms. The predicted octanol–water partition coefficient (Wildman–Crippen LogP) is -0.425. The SMILES string of the molecule is CCc1noc(Cn2ncn(C)c2=O)n1. The van der Waals surface area contributed by atoms with Gasteiger partial charge in [0.1, 0.15) is 12.9 Å². The van der Waals surface area contributed by atoms with E-state index in [0.29, 0.717) is 18.1 Å². The van der Waals surface area contributed by atoms with Gasteiger partial charge in [-0.2, -0.15) is 10.1 Å². The van der Waals surface area contributed by atoms with E-state index in [4.69, 9.17) is 4.52 Å². The Labute approximate surface area is 85.3 Å². The quantitative estimate of drug-likeness (QED) is 0.685. The summed E-state index contributed by atoms with van der Waals surface area (Å²) in [5.41, 5.74) is -0.203. The first-order valence-electron chi connectivity index (χ1n) is 4.60. The highest BCUT2D eigenvalue weighted by atomic mass is 16.5. The molecule has 0 aliphatic rings. The third kappa shape index (κ3) is 1.80. The molecule has 0 fully saturated rings. The Balaban J connectivity index is 2.22. The fourth-order valence-electron chi connectivity index (χ4n) is 1.16. The lowest BCUT2D eigenvalue weighted by molar-refractivity contribution is 0.359. The van der Waals surface area contributed by atoms with Crippen molar-refractivity contribution in [3.63, 3.8) is 0 Å². The molecule has 0 unspecified atom stereocenters. The second kappa shape index (κ2) is 3.68. The lowest BCUT2D eigenvalue weighted by Gasteiger charge is -1.91. The van der Waals surface area contributed by atoms with Crippen molar-refractivity contribution in [2.75, 3.05) is 0 Å². The second-order valence-electron chi connectivity index (χ2n) is 3.14. The molecule has 2 aromatic rings. The van der Waals surface area contributed by atoms with Crippen LogP contribution in [0.15, 0.2) is 15.6 Å². The van der Waals surface area contributed by atoms with Crippen molar-refractivity contribution >= 4 is 0 Å². The molecular formula is C8H11N5O2. The third-order valence-electron chi connectivity index (χ3n) is 2.00. The highest BCUT2D eigenvalue weighted by Gasteiger charge is 2.08. The molecule has 0 atom stereocenters. The van der Waals surface area contributed by atoms with E-state index in [0.717, 1.165) is 0 Å². The number of hydrogen-bond donors (Lipinski definition) is 0. The molecule has 2 rings (SSSR count). The van der Waals surface area contributed by atoms with Crippen LogP contribution in [0.1, 0.15) is 18.6 Å². The van der Waals surface area contributed by atoms with Gasteiger partial charge in [0.2, 0.25) is 5.89 Å². The fraction of sp³-hybridized carbons (Fsp3) is 0.500. The Kier molecular flexibility index (Phi) is 2.36. The highest BCUT2D eigenvalue weighted by Crippen LogP contribution is 1.98. The maximum Gasteiger partial charge on any atom is 0.345 e. The van der Waals surface area contributed by atoms with Gasteiger partial charge in [0, 0.05) is 13.5 Å². The molecule has 80 valence electrons. The largest absolute Gasteiger partial charge is 0.345 e. The van der Waals surface area contributed by atoms with Crippen LogP contribution in [0.3, 0.4) is 0 Å². The first kappa shape index (κ1) is 9.63. The minimum Gasteiger partial charge on any atom is -0.337 e. The fourth-order valence-corrected chi connectivity index (χ4v) is 1.16. The molecule has 15 heavy (non-hydrogen) atoms. The number of hydrogen-bond acceptors (Lipinski definition) is 5. The Morgan fingerprint density at radius 1 is 1.53 bits per heavy atom. The van der Waals surface area contributed by atoms with Gasteiger partial charge < -0.3 is 4.52 Å². The van der Waals surface area contributed by atoms with Gasteiger partial charge in [-0.3, -0.25) is 4.57 Å². The minimum absolute atomic E-state index is 0.203. The Hall–Kier alpha value is -1.92. The van der Waals surface area contributed by atoms with Crippen molar-refractivity contribution in [1.29, 1.82) is 0 Å². The molecule has 0 aliphatic heterocycles. The van der Waals surface area contributed by atoms with Crippen molar-refractivity contribution in [3.8, 4) is 0 Å². The number of aryl methyl sites for hydroxylation is 2. The van der Waals surface area contributed by atoms with Crippen LogP contribution in [0.25, 0.3) is 0 Å². The van der Waals surface area contributed by atoms with Crippen LogP contribution in [0, 0.1) is 0 Å². The summed E-state index contributed by atoms with van der Waals surface area (Å²) >= 11 is 0. The standard InChI is InChI=1S/C8H11N5O2/c1-3-6-10-7(15-11-6)4-13-8(14)12(2)5-9-13/h5H,3-4H2,1-2H3. The topological polar surface area (TPSA) is 78.7 Å². The zero-order chi connectivity index (χ0) is 10.8. The molecule has 7 nitrogen and oxygen atoms in total. The Morgan fingerprint density at radius 3 is 2.87 bits per heavy atom. The van der Waals surface area contributed by atoms with E-state index in [1.54, 1.807) is 7.05 Å². The van der Waals surface area contributed by atoms with Gasteiger partial charge in [-0.05, 0) is 0 Å². The molecule has 7 heteroatoms. The number of aromatic nitrogens is 5. The summed E-state index contributed by atoms with van der Waals surface area (Å²) in [4.78, 5) is 15.5. The lowest BCUT2D eigenvalue weighted by atomic mass is 10.5. The smallest absolute Gasteiger partial charge is 0.337 e. The summed E-state index contributed by atoms with van der Waals surface area (Å²) in [6, 6.07) is 0. The van der Waals surface area contributed by atoms with Gasteiger partial charge in [-0.15, -0.1) is 0 Å². The molecule has 0 N–H and O–H groups in total. The van der Waals surface area contributed by atoms with Gasteiger partial charge in [0.05, 0.1) is 0 Å². The van der Waals surface area contributed by atoms with E-state index < -0.39 is 0 Å². The van der Waals surface area contributed by atoms with Crippen LogP contribution in [0.2, 0.25) is 0 Å². The maximum absolute atomic E-state index is 11.4. The summed E-state index contributed by atoms with van der Waals surface area (Å²) in [5, 5.41) is 7.62. The van der Waals surface area contributed by atoms with E-state index in [1.807, 2.05) is 6.92 Å². The van der Waals surface area contributed by atoms with E-state index in [-0.39, 0.29) is 12.2 Å². The van der Waals surface area contributed by atoms with Gasteiger partial charge in [-0.25, -0.2) is 9.48 Å². The van der Waals surface area contributed by atoms with Crippen molar-refractivity contribution in [1.82, 2.24) is 24.5 Å². The Morgan fingerprint density at radius 2 is 2.33 bits per heavy atom. The van der Waals surface area contributed by atoms with E-state index in [9.17, 15) is 4.79 Å². The molecule has 0 radical (unpaired) electrons. The molecule has 0 spiro atoms. The summed E-state index contributed by atoms with van der Waals surface area (Å²) < 4.78 is 7.61. The Bertz CT molecular complexity index is 509. The molecule has 0 saturated carbocycles. The van der Waals surface area contributed by atoms with Crippen molar-refractivity contribution in [2.45, 2.75) is 19.9 Å². The normalized spacial score (nSPS) is 10.8. The first-order chi connectivity index (χ1) is 7.20. The summed E-state index contributed by atoms with van der Waals surface area (Å²) in [6.45, 7) is 2.15. The van der Waals surface area contributed by atoms with Crippen molar-refractivity contribution < 1.29 is 4.52 Å². The predicted molar refractivity (Wildman–Crippen MR) is 50.2 cm³/mol. The molecule has 0 amide bonds. The number of rotatable bonds is 3. The van der Waals surface area contributed by atoms with Gasteiger partial charge in [0.25, 0.3) is 0 Å². The summed E-state index contributed by atoms with van der Waals surface area (Å²) in [6.07, 6.45) is 2.15. The highest BCUT2D eigenvalue weighted by molar-refractivity contribution is 4.86.